The first-order chi connectivity index (χ1) is 15.9. The lowest BCUT2D eigenvalue weighted by Crippen LogP contribution is -2.46. The van der Waals surface area contributed by atoms with E-state index in [4.69, 9.17) is 10.4 Å². The van der Waals surface area contributed by atoms with Gasteiger partial charge in [0.15, 0.2) is 9.84 Å². The number of sulfone groups is 1. The van der Waals surface area contributed by atoms with E-state index in [-0.39, 0.29) is 33.0 Å². The number of rotatable bonds is 5. The lowest BCUT2D eigenvalue weighted by Gasteiger charge is -2.34. The molecule has 2 N–H and O–H groups in total. The Bertz CT molecular complexity index is 1370. The Morgan fingerprint density at radius 1 is 1.15 bits per heavy atom. The van der Waals surface area contributed by atoms with E-state index < -0.39 is 46.0 Å². The Morgan fingerprint density at radius 2 is 1.85 bits per heavy atom. The van der Waals surface area contributed by atoms with Gasteiger partial charge in [-0.1, -0.05) is 12.1 Å². The standard InChI is InChI=1S/C22H17F3N4O4S/c1-13-18(12-27)20(17-6-5-14(11-26)9-19(17)34(32,33)8-7-30)28-21(31)29(13)16-4-2-3-15(10-16)22(23,24)25/h2-6,9-10,20,30H,7-8H2,1H3,(H,28,31)/t20-/m1/s1. The number of carbonyl (C=O) groups is 1. The molecular formula is C22H17F3N4O4S. The fourth-order valence-corrected chi connectivity index (χ4v) is 4.91. The van der Waals surface area contributed by atoms with Crippen LogP contribution in [0.4, 0.5) is 23.7 Å². The number of nitrogens with one attached hydrogen (secondary N) is 1. The highest BCUT2D eigenvalue weighted by Gasteiger charge is 2.37. The molecule has 34 heavy (non-hydrogen) atoms. The Kier molecular flexibility index (Phi) is 6.68. The summed E-state index contributed by atoms with van der Waals surface area (Å²) in [5.41, 5.74) is -1.24. The van der Waals surface area contributed by atoms with Gasteiger partial charge in [-0.25, -0.2) is 13.2 Å². The maximum atomic E-state index is 13.2. The van der Waals surface area contributed by atoms with E-state index in [2.05, 4.69) is 5.32 Å². The highest BCUT2D eigenvalue weighted by Crippen LogP contribution is 2.38. The summed E-state index contributed by atoms with van der Waals surface area (Å²) in [6.07, 6.45) is -4.65. The minimum atomic E-state index is -4.65. The zero-order chi connectivity index (χ0) is 25.3. The van der Waals surface area contributed by atoms with Crippen molar-refractivity contribution in [2.45, 2.75) is 24.0 Å². The van der Waals surface area contributed by atoms with E-state index in [1.165, 1.54) is 25.1 Å². The van der Waals surface area contributed by atoms with Crippen LogP contribution >= 0.6 is 0 Å². The molecule has 2 amide bonds. The minimum Gasteiger partial charge on any atom is -0.395 e. The van der Waals surface area contributed by atoms with E-state index >= 15 is 0 Å². The van der Waals surface area contributed by atoms with Crippen LogP contribution in [0.25, 0.3) is 0 Å². The summed E-state index contributed by atoms with van der Waals surface area (Å²) in [5.74, 6) is -0.656. The molecule has 0 saturated heterocycles. The average molecular weight is 490 g/mol. The number of aliphatic hydroxyl groups excluding tert-OH is 1. The number of aliphatic hydroxyl groups is 1. The van der Waals surface area contributed by atoms with Crippen LogP contribution in [0.2, 0.25) is 0 Å². The van der Waals surface area contributed by atoms with E-state index in [9.17, 15) is 31.6 Å². The van der Waals surface area contributed by atoms with E-state index in [1.54, 1.807) is 0 Å². The molecule has 0 radical (unpaired) electrons. The van der Waals surface area contributed by atoms with Gasteiger partial charge in [-0.2, -0.15) is 23.7 Å². The van der Waals surface area contributed by atoms with Gasteiger partial charge in [0.25, 0.3) is 0 Å². The number of alkyl halides is 3. The van der Waals surface area contributed by atoms with Gasteiger partial charge < -0.3 is 10.4 Å². The summed E-state index contributed by atoms with van der Waals surface area (Å²) in [6, 6.07) is 9.23. The molecule has 0 aromatic heterocycles. The van der Waals surface area contributed by atoms with E-state index in [0.717, 1.165) is 29.2 Å². The van der Waals surface area contributed by atoms with Crippen LogP contribution in [0.15, 0.2) is 58.6 Å². The lowest BCUT2D eigenvalue weighted by molar-refractivity contribution is -0.137. The Hall–Kier alpha value is -3.87. The maximum Gasteiger partial charge on any atom is 0.416 e. The van der Waals surface area contributed by atoms with Crippen LogP contribution in [0.1, 0.15) is 29.7 Å². The molecule has 8 nitrogen and oxygen atoms in total. The molecule has 0 aliphatic carbocycles. The first-order valence-corrected chi connectivity index (χ1v) is 11.4. The number of allylic oxidation sites excluding steroid dienone is 1. The Labute approximate surface area is 193 Å². The highest BCUT2D eigenvalue weighted by molar-refractivity contribution is 7.91. The summed E-state index contributed by atoms with van der Waals surface area (Å²) in [7, 11) is -4.10. The summed E-state index contributed by atoms with van der Waals surface area (Å²) in [6.45, 7) is 0.662. The topological polar surface area (TPSA) is 134 Å². The third-order valence-corrected chi connectivity index (χ3v) is 6.93. The van der Waals surface area contributed by atoms with Crippen LogP contribution in [0.3, 0.4) is 0 Å². The molecule has 1 heterocycles. The summed E-state index contributed by atoms with van der Waals surface area (Å²) < 4.78 is 64.9. The second-order valence-electron chi connectivity index (χ2n) is 7.28. The molecule has 0 saturated carbocycles. The molecule has 0 bridgehead atoms. The van der Waals surface area contributed by atoms with Gasteiger partial charge in [0.05, 0.1) is 57.8 Å². The predicted molar refractivity (Wildman–Crippen MR) is 114 cm³/mol. The SMILES string of the molecule is CC1=C(C#N)[C@@H](c2ccc(C#N)cc2S(=O)(=O)CCO)NC(=O)N1c1cccc(C(F)(F)F)c1. The molecule has 12 heteroatoms. The number of amides is 2. The Morgan fingerprint density at radius 3 is 2.44 bits per heavy atom. The van der Waals surface area contributed by atoms with Gasteiger partial charge in [-0.3, -0.25) is 4.90 Å². The largest absolute Gasteiger partial charge is 0.416 e. The van der Waals surface area contributed by atoms with Crippen molar-refractivity contribution >= 4 is 21.6 Å². The van der Waals surface area contributed by atoms with Gasteiger partial charge in [0.2, 0.25) is 0 Å². The van der Waals surface area contributed by atoms with Crippen LogP contribution < -0.4 is 10.2 Å². The lowest BCUT2D eigenvalue weighted by atomic mass is 9.94. The number of hydrogen-bond acceptors (Lipinski definition) is 6. The van der Waals surface area contributed by atoms with Crippen molar-refractivity contribution in [2.75, 3.05) is 17.3 Å². The van der Waals surface area contributed by atoms with Gasteiger partial charge in [-0.05, 0) is 42.8 Å². The summed E-state index contributed by atoms with van der Waals surface area (Å²) >= 11 is 0. The highest BCUT2D eigenvalue weighted by atomic mass is 32.2. The van der Waals surface area contributed by atoms with Crippen LogP contribution in [-0.2, 0) is 16.0 Å². The van der Waals surface area contributed by atoms with Gasteiger partial charge >= 0.3 is 12.2 Å². The van der Waals surface area contributed by atoms with Gasteiger partial charge in [-0.15, -0.1) is 0 Å². The number of carbonyl (C=O) groups excluding carboxylic acids is 1. The molecule has 0 fully saturated rings. The van der Waals surface area contributed by atoms with Crippen molar-refractivity contribution in [1.82, 2.24) is 5.32 Å². The van der Waals surface area contributed by atoms with Crippen molar-refractivity contribution < 1.29 is 31.5 Å². The fraction of sp³-hybridized carbons (Fsp3) is 0.227. The summed E-state index contributed by atoms with van der Waals surface area (Å²) in [5, 5.41) is 30.6. The number of benzene rings is 2. The molecular weight excluding hydrogens is 473 g/mol. The number of hydrogen-bond donors (Lipinski definition) is 2. The van der Waals surface area contributed by atoms with E-state index in [1.807, 2.05) is 12.1 Å². The van der Waals surface area contributed by atoms with Crippen LogP contribution in [0.5, 0.6) is 0 Å². The molecule has 0 unspecified atom stereocenters. The minimum absolute atomic E-state index is 0.00504. The number of anilines is 1. The maximum absolute atomic E-state index is 13.2. The van der Waals surface area contributed by atoms with E-state index in [0.29, 0.717) is 0 Å². The number of halogens is 3. The average Bonchev–Trinajstić information content (AvgIpc) is 2.78. The first-order valence-electron chi connectivity index (χ1n) is 9.71. The molecule has 1 atom stereocenters. The number of nitriles is 2. The quantitative estimate of drug-likeness (QED) is 0.660. The van der Waals surface area contributed by atoms with Gasteiger partial charge in [0, 0.05) is 5.70 Å². The van der Waals surface area contributed by atoms with Gasteiger partial charge in [0.1, 0.15) is 0 Å². The second-order valence-corrected chi connectivity index (χ2v) is 9.36. The third-order valence-electron chi connectivity index (χ3n) is 5.19. The molecule has 2 aromatic rings. The van der Waals surface area contributed by atoms with Crippen LogP contribution in [-0.4, -0.2) is 31.9 Å². The van der Waals surface area contributed by atoms with Crippen molar-refractivity contribution in [3.63, 3.8) is 0 Å². The zero-order valence-electron chi connectivity index (χ0n) is 17.6. The molecule has 0 spiro atoms. The molecule has 176 valence electrons. The predicted octanol–water partition coefficient (Wildman–Crippen LogP) is 3.41. The molecule has 3 rings (SSSR count). The fourth-order valence-electron chi connectivity index (χ4n) is 3.59. The van der Waals surface area contributed by atoms with Crippen molar-refractivity contribution in [3.8, 4) is 12.1 Å². The molecule has 1 aliphatic heterocycles. The molecule has 2 aromatic carbocycles. The smallest absolute Gasteiger partial charge is 0.395 e. The molecule has 1 aliphatic rings. The monoisotopic (exact) mass is 490 g/mol. The van der Waals surface area contributed by atoms with Crippen molar-refractivity contribution in [3.05, 3.63) is 70.4 Å². The van der Waals surface area contributed by atoms with Crippen molar-refractivity contribution in [1.29, 1.82) is 10.5 Å². The zero-order valence-corrected chi connectivity index (χ0v) is 18.4. The third kappa shape index (κ3) is 4.59. The summed E-state index contributed by atoms with van der Waals surface area (Å²) in [4.78, 5) is 13.5. The number of urea groups is 1. The first kappa shape index (κ1) is 24.8. The second kappa shape index (κ2) is 9.17. The van der Waals surface area contributed by atoms with Crippen molar-refractivity contribution in [2.24, 2.45) is 0 Å². The Balaban J connectivity index is 2.19. The normalized spacial score (nSPS) is 16.6. The number of nitrogens with zero attached hydrogens (tertiary/aromatic N) is 3. The van der Waals surface area contributed by atoms with Crippen LogP contribution in [0, 0.1) is 22.7 Å².